The highest BCUT2D eigenvalue weighted by molar-refractivity contribution is 4.90. The first-order chi connectivity index (χ1) is 8.08. The van der Waals surface area contributed by atoms with Gasteiger partial charge in [-0.3, -0.25) is 5.43 Å². The van der Waals surface area contributed by atoms with Gasteiger partial charge in [0.15, 0.2) is 6.29 Å². The molecular formula is C12H24N2O3. The van der Waals surface area contributed by atoms with Gasteiger partial charge < -0.3 is 15.3 Å². The summed E-state index contributed by atoms with van der Waals surface area (Å²) < 4.78 is 0. The summed E-state index contributed by atoms with van der Waals surface area (Å²) in [7, 11) is 0. The molecule has 100 valence electrons. The third kappa shape index (κ3) is 3.17. The number of aliphatic hydroxyl groups is 3. The van der Waals surface area contributed by atoms with Crippen LogP contribution in [0.25, 0.3) is 0 Å². The molecule has 0 aromatic rings. The van der Waals surface area contributed by atoms with E-state index in [1.165, 1.54) is 0 Å². The Morgan fingerprint density at radius 1 is 1.00 bits per heavy atom. The molecule has 3 unspecified atom stereocenters. The largest absolute Gasteiger partial charge is 0.393 e. The van der Waals surface area contributed by atoms with Crippen molar-refractivity contribution in [2.75, 3.05) is 0 Å². The van der Waals surface area contributed by atoms with Gasteiger partial charge in [0.2, 0.25) is 0 Å². The zero-order chi connectivity index (χ0) is 12.4. The first kappa shape index (κ1) is 13.2. The Hall–Kier alpha value is -0.200. The number of hydrazine groups is 1. The Bertz CT molecular complexity index is 240. The fourth-order valence-electron chi connectivity index (χ4n) is 3.14. The van der Waals surface area contributed by atoms with Crippen molar-refractivity contribution in [1.29, 1.82) is 0 Å². The lowest BCUT2D eigenvalue weighted by Gasteiger charge is -2.33. The molecule has 1 saturated heterocycles. The molecule has 2 aliphatic rings. The van der Waals surface area contributed by atoms with Crippen molar-refractivity contribution in [1.82, 2.24) is 10.9 Å². The molecule has 0 spiro atoms. The molecule has 1 aliphatic carbocycles. The van der Waals surface area contributed by atoms with Crippen LogP contribution < -0.4 is 10.9 Å². The quantitative estimate of drug-likeness (QED) is 0.441. The van der Waals surface area contributed by atoms with Crippen molar-refractivity contribution in [3.63, 3.8) is 0 Å². The van der Waals surface area contributed by atoms with Crippen LogP contribution in [0.5, 0.6) is 0 Å². The molecule has 2 rings (SSSR count). The van der Waals surface area contributed by atoms with E-state index in [4.69, 9.17) is 10.2 Å². The average molecular weight is 244 g/mol. The summed E-state index contributed by atoms with van der Waals surface area (Å²) in [6.07, 6.45) is 3.66. The van der Waals surface area contributed by atoms with Gasteiger partial charge in [-0.1, -0.05) is 0 Å². The molecule has 0 radical (unpaired) electrons. The second kappa shape index (κ2) is 5.63. The fraction of sp³-hybridized carbons (Fsp3) is 1.00. The van der Waals surface area contributed by atoms with E-state index < -0.39 is 6.29 Å². The first-order valence-electron chi connectivity index (χ1n) is 6.63. The summed E-state index contributed by atoms with van der Waals surface area (Å²) in [6, 6.07) is 0.0752. The first-order valence-corrected chi connectivity index (χ1v) is 6.63. The van der Waals surface area contributed by atoms with E-state index in [2.05, 4.69) is 10.9 Å². The van der Waals surface area contributed by atoms with Crippen LogP contribution in [0, 0.1) is 11.8 Å². The maximum absolute atomic E-state index is 9.55. The molecule has 1 heterocycles. The number of rotatable bonds is 3. The van der Waals surface area contributed by atoms with Crippen molar-refractivity contribution in [3.05, 3.63) is 0 Å². The van der Waals surface area contributed by atoms with Gasteiger partial charge >= 0.3 is 0 Å². The molecule has 1 saturated carbocycles. The summed E-state index contributed by atoms with van der Waals surface area (Å²) in [4.78, 5) is 0. The van der Waals surface area contributed by atoms with Crippen LogP contribution in [-0.4, -0.2) is 39.8 Å². The van der Waals surface area contributed by atoms with Crippen LogP contribution in [0.2, 0.25) is 0 Å². The van der Waals surface area contributed by atoms with Crippen molar-refractivity contribution in [3.8, 4) is 0 Å². The van der Waals surface area contributed by atoms with Gasteiger partial charge in [-0.25, -0.2) is 5.43 Å². The Kier molecular flexibility index (Phi) is 4.38. The smallest absolute Gasteiger partial charge is 0.168 e. The third-order valence-corrected chi connectivity index (χ3v) is 4.39. The monoisotopic (exact) mass is 244 g/mol. The van der Waals surface area contributed by atoms with Gasteiger partial charge in [0, 0.05) is 6.04 Å². The standard InChI is InChI=1S/C12H24N2O3/c1-7(15)8-2-4-9(5-3-8)10-6-11(12(16)17)14-13-10/h7-17H,2-6H2,1H3. The molecule has 0 aromatic heterocycles. The predicted octanol–water partition coefficient (Wildman–Crippen LogP) is -0.281. The average Bonchev–Trinajstić information content (AvgIpc) is 2.78. The van der Waals surface area contributed by atoms with E-state index >= 15 is 0 Å². The highest BCUT2D eigenvalue weighted by Crippen LogP contribution is 2.34. The van der Waals surface area contributed by atoms with E-state index in [1.807, 2.05) is 6.92 Å². The zero-order valence-corrected chi connectivity index (χ0v) is 10.3. The summed E-state index contributed by atoms with van der Waals surface area (Å²) in [5.41, 5.74) is 6.11. The fourth-order valence-corrected chi connectivity index (χ4v) is 3.14. The van der Waals surface area contributed by atoms with Crippen LogP contribution in [-0.2, 0) is 0 Å². The lowest BCUT2D eigenvalue weighted by Crippen LogP contribution is -2.41. The molecule has 2 fully saturated rings. The van der Waals surface area contributed by atoms with E-state index in [0.717, 1.165) is 32.1 Å². The van der Waals surface area contributed by atoms with Gasteiger partial charge in [0.1, 0.15) is 0 Å². The summed E-state index contributed by atoms with van der Waals surface area (Å²) in [6.45, 7) is 1.87. The topological polar surface area (TPSA) is 84.8 Å². The Balaban J connectivity index is 1.78. The summed E-state index contributed by atoms with van der Waals surface area (Å²) >= 11 is 0. The number of hydrogen-bond acceptors (Lipinski definition) is 5. The van der Waals surface area contributed by atoms with E-state index in [1.54, 1.807) is 0 Å². The number of hydrogen-bond donors (Lipinski definition) is 5. The van der Waals surface area contributed by atoms with Crippen LogP contribution >= 0.6 is 0 Å². The van der Waals surface area contributed by atoms with Crippen molar-refractivity contribution in [2.24, 2.45) is 11.8 Å². The van der Waals surface area contributed by atoms with Crippen molar-refractivity contribution in [2.45, 2.75) is 63.5 Å². The normalized spacial score (nSPS) is 40.8. The molecule has 5 heteroatoms. The second-order valence-electron chi connectivity index (χ2n) is 5.57. The Labute approximate surface area is 102 Å². The van der Waals surface area contributed by atoms with Crippen molar-refractivity contribution >= 4 is 0 Å². The number of nitrogens with one attached hydrogen (secondary N) is 2. The molecule has 17 heavy (non-hydrogen) atoms. The van der Waals surface area contributed by atoms with Gasteiger partial charge in [0.25, 0.3) is 0 Å². The second-order valence-corrected chi connectivity index (χ2v) is 5.57. The molecule has 0 aromatic carbocycles. The minimum absolute atomic E-state index is 0.197. The SMILES string of the molecule is CC(O)C1CCC(C2CC(C(O)O)NN2)CC1. The van der Waals surface area contributed by atoms with Crippen LogP contribution in [0.3, 0.4) is 0 Å². The molecule has 0 amide bonds. The Morgan fingerprint density at radius 2 is 1.65 bits per heavy atom. The predicted molar refractivity (Wildman–Crippen MR) is 63.8 cm³/mol. The molecule has 3 atom stereocenters. The van der Waals surface area contributed by atoms with E-state index in [9.17, 15) is 5.11 Å². The minimum Gasteiger partial charge on any atom is -0.393 e. The van der Waals surface area contributed by atoms with Crippen LogP contribution in [0.15, 0.2) is 0 Å². The minimum atomic E-state index is -1.29. The lowest BCUT2D eigenvalue weighted by molar-refractivity contribution is -0.0640. The molecular weight excluding hydrogens is 220 g/mol. The van der Waals surface area contributed by atoms with E-state index in [-0.39, 0.29) is 12.1 Å². The zero-order valence-electron chi connectivity index (χ0n) is 10.3. The van der Waals surface area contributed by atoms with Gasteiger partial charge in [-0.05, 0) is 50.9 Å². The molecule has 5 nitrogen and oxygen atoms in total. The summed E-state index contributed by atoms with van der Waals surface area (Å²) in [5.74, 6) is 1.03. The van der Waals surface area contributed by atoms with Crippen LogP contribution in [0.1, 0.15) is 39.0 Å². The van der Waals surface area contributed by atoms with E-state index in [0.29, 0.717) is 17.9 Å². The maximum Gasteiger partial charge on any atom is 0.168 e. The molecule has 5 N–H and O–H groups in total. The summed E-state index contributed by atoms with van der Waals surface area (Å²) in [5, 5.41) is 27.8. The Morgan fingerprint density at radius 3 is 2.12 bits per heavy atom. The highest BCUT2D eigenvalue weighted by atomic mass is 16.5. The number of aliphatic hydroxyl groups excluding tert-OH is 2. The van der Waals surface area contributed by atoms with Gasteiger partial charge in [-0.15, -0.1) is 0 Å². The molecule has 1 aliphatic heterocycles. The molecule has 0 bridgehead atoms. The lowest BCUT2D eigenvalue weighted by atomic mass is 9.76. The van der Waals surface area contributed by atoms with Gasteiger partial charge in [0.05, 0.1) is 12.1 Å². The highest BCUT2D eigenvalue weighted by Gasteiger charge is 2.35. The third-order valence-electron chi connectivity index (χ3n) is 4.39. The van der Waals surface area contributed by atoms with Gasteiger partial charge in [-0.2, -0.15) is 0 Å². The maximum atomic E-state index is 9.55. The van der Waals surface area contributed by atoms with Crippen molar-refractivity contribution < 1.29 is 15.3 Å². The van der Waals surface area contributed by atoms with Crippen LogP contribution in [0.4, 0.5) is 0 Å².